The molecule has 7 nitrogen and oxygen atoms in total. The van der Waals surface area contributed by atoms with E-state index in [9.17, 15) is 18.0 Å². The van der Waals surface area contributed by atoms with Crippen LogP contribution in [0, 0.1) is 5.41 Å². The second-order valence-electron chi connectivity index (χ2n) is 7.31. The summed E-state index contributed by atoms with van der Waals surface area (Å²) in [5.41, 5.74) is -5.47. The van der Waals surface area contributed by atoms with Crippen molar-refractivity contribution in [2.45, 2.75) is 51.1 Å². The number of carbonyl (C=O) groups is 1. The number of carbonyl (C=O) groups excluding carboxylic acids is 1. The third-order valence-corrected chi connectivity index (χ3v) is 4.69. The van der Waals surface area contributed by atoms with Gasteiger partial charge in [0.25, 0.3) is 0 Å². The molecule has 0 unspecified atom stereocenters. The highest BCUT2D eigenvalue weighted by atomic mass is 32.2. The molecule has 2 heterocycles. The van der Waals surface area contributed by atoms with Crippen LogP contribution >= 0.6 is 0 Å². The Morgan fingerprint density at radius 2 is 1.64 bits per heavy atom. The molecule has 0 aromatic carbocycles. The number of rotatable bonds is 0. The van der Waals surface area contributed by atoms with Crippen molar-refractivity contribution in [2.24, 2.45) is 5.41 Å². The Bertz CT molecular complexity index is 556. The zero-order valence-electron chi connectivity index (χ0n) is 14.5. The van der Waals surface area contributed by atoms with Crippen LogP contribution in [0.1, 0.15) is 40.0 Å². The summed E-state index contributed by atoms with van der Waals surface area (Å²) in [4.78, 5) is 13.8. The number of hydrogen-bond acceptors (Lipinski definition) is 5. The van der Waals surface area contributed by atoms with Gasteiger partial charge in [0.2, 0.25) is 0 Å². The van der Waals surface area contributed by atoms with Crippen LogP contribution in [0.15, 0.2) is 0 Å². The van der Waals surface area contributed by atoms with E-state index >= 15 is 0 Å². The highest BCUT2D eigenvalue weighted by Gasteiger charge is 2.44. The molecule has 0 saturated carbocycles. The molecule has 0 bridgehead atoms. The van der Waals surface area contributed by atoms with Crippen LogP contribution in [0.25, 0.3) is 0 Å². The molecule has 0 aromatic heterocycles. The molecule has 0 aromatic rings. The van der Waals surface area contributed by atoms with Crippen LogP contribution in [0.4, 0.5) is 18.0 Å². The highest BCUT2D eigenvalue weighted by molar-refractivity contribution is 7.86. The summed E-state index contributed by atoms with van der Waals surface area (Å²) >= 11 is 0. The van der Waals surface area contributed by atoms with Gasteiger partial charge >= 0.3 is 21.7 Å². The second kappa shape index (κ2) is 7.67. The van der Waals surface area contributed by atoms with Gasteiger partial charge < -0.3 is 15.0 Å². The molecule has 0 radical (unpaired) electrons. The summed E-state index contributed by atoms with van der Waals surface area (Å²) in [6, 6.07) is 0. The molecule has 2 aliphatic heterocycles. The summed E-state index contributed by atoms with van der Waals surface area (Å²) in [6.45, 7) is 9.68. The first-order chi connectivity index (χ1) is 11.2. The third-order valence-electron chi connectivity index (χ3n) is 4.10. The lowest BCUT2D eigenvalue weighted by Gasteiger charge is -2.39. The van der Waals surface area contributed by atoms with Crippen LogP contribution in [0.5, 0.6) is 0 Å². The minimum atomic E-state index is -5.84. The van der Waals surface area contributed by atoms with E-state index in [1.54, 1.807) is 0 Å². The number of alkyl halides is 3. The van der Waals surface area contributed by atoms with Crippen LogP contribution < -0.4 is 5.32 Å². The van der Waals surface area contributed by atoms with E-state index in [1.807, 2.05) is 25.7 Å². The lowest BCUT2D eigenvalue weighted by atomic mass is 9.78. The number of likely N-dealkylation sites (tertiary alicyclic amines) is 1. The van der Waals surface area contributed by atoms with Crippen molar-refractivity contribution >= 4 is 16.2 Å². The molecule has 1 spiro atoms. The van der Waals surface area contributed by atoms with E-state index in [-0.39, 0.29) is 11.7 Å². The monoisotopic (exact) mass is 390 g/mol. The van der Waals surface area contributed by atoms with E-state index in [2.05, 4.69) is 5.32 Å². The normalized spacial score (nSPS) is 20.8. The zero-order chi connectivity index (χ0) is 19.5. The molecule has 2 aliphatic rings. The maximum atomic E-state index is 11.9. The van der Waals surface area contributed by atoms with Gasteiger partial charge in [0.15, 0.2) is 0 Å². The third kappa shape index (κ3) is 6.98. The number of piperidine rings is 1. The van der Waals surface area contributed by atoms with Gasteiger partial charge in [0.1, 0.15) is 5.60 Å². The second-order valence-corrected chi connectivity index (χ2v) is 8.73. The number of hydrogen-bond donors (Lipinski definition) is 2. The van der Waals surface area contributed by atoms with Crippen molar-refractivity contribution in [3.05, 3.63) is 0 Å². The van der Waals surface area contributed by atoms with Gasteiger partial charge in [-0.05, 0) is 52.0 Å². The first-order valence-electron chi connectivity index (χ1n) is 7.88. The Hall–Kier alpha value is -1.07. The maximum Gasteiger partial charge on any atom is 0.522 e. The quantitative estimate of drug-likeness (QED) is 0.487. The first kappa shape index (κ1) is 22.0. The number of ether oxygens (including phenoxy) is 1. The minimum absolute atomic E-state index is 0.154. The molecule has 11 heteroatoms. The van der Waals surface area contributed by atoms with Crippen molar-refractivity contribution in [2.75, 3.05) is 26.2 Å². The van der Waals surface area contributed by atoms with Gasteiger partial charge in [0.05, 0.1) is 0 Å². The van der Waals surface area contributed by atoms with Crippen LogP contribution in [-0.2, 0) is 14.9 Å². The predicted molar refractivity (Wildman–Crippen MR) is 84.6 cm³/mol. The molecule has 2 N–H and O–H groups in total. The van der Waals surface area contributed by atoms with E-state index < -0.39 is 15.6 Å². The average molecular weight is 390 g/mol. The van der Waals surface area contributed by atoms with Gasteiger partial charge in [-0.3, -0.25) is 4.55 Å². The number of halogens is 3. The Morgan fingerprint density at radius 1 is 1.16 bits per heavy atom. The Labute approximate surface area is 145 Å². The molecule has 0 aliphatic carbocycles. The Morgan fingerprint density at radius 3 is 1.96 bits per heavy atom. The maximum absolute atomic E-state index is 11.9. The summed E-state index contributed by atoms with van der Waals surface area (Å²) in [5.74, 6) is 0. The Balaban J connectivity index is 0.000000333. The number of amides is 1. The van der Waals surface area contributed by atoms with Crippen LogP contribution in [0.2, 0.25) is 0 Å². The molecular formula is C14H25F3N2O5S. The first-order valence-corrected chi connectivity index (χ1v) is 9.32. The van der Waals surface area contributed by atoms with Crippen molar-refractivity contribution in [3.63, 3.8) is 0 Å². The summed E-state index contributed by atoms with van der Waals surface area (Å²) in [5, 5.41) is 3.43. The molecule has 2 saturated heterocycles. The van der Waals surface area contributed by atoms with E-state index in [1.165, 1.54) is 6.42 Å². The van der Waals surface area contributed by atoms with Gasteiger partial charge in [-0.25, -0.2) is 4.79 Å². The van der Waals surface area contributed by atoms with Crippen molar-refractivity contribution in [1.82, 2.24) is 10.2 Å². The van der Waals surface area contributed by atoms with E-state index in [4.69, 9.17) is 17.7 Å². The van der Waals surface area contributed by atoms with E-state index in [0.717, 1.165) is 39.0 Å². The van der Waals surface area contributed by atoms with E-state index in [0.29, 0.717) is 5.41 Å². The fraction of sp³-hybridized carbons (Fsp3) is 0.929. The molecule has 148 valence electrons. The van der Waals surface area contributed by atoms with Crippen LogP contribution in [0.3, 0.4) is 0 Å². The fourth-order valence-electron chi connectivity index (χ4n) is 2.71. The SMILES string of the molecule is CC(C)(C)OC(=O)N1CCC2(CCNC2)CC1.O=S(=O)(O)C(F)(F)F. The van der Waals surface area contributed by atoms with Crippen molar-refractivity contribution in [3.8, 4) is 0 Å². The fourth-order valence-corrected chi connectivity index (χ4v) is 2.71. The Kier molecular flexibility index (Phi) is 6.74. The summed E-state index contributed by atoms with van der Waals surface area (Å²) in [7, 11) is -5.84. The highest BCUT2D eigenvalue weighted by Crippen LogP contribution is 2.37. The molecule has 2 rings (SSSR count). The number of nitrogens with zero attached hydrogens (tertiary/aromatic N) is 1. The van der Waals surface area contributed by atoms with Crippen LogP contribution in [-0.4, -0.2) is 61.3 Å². The lowest BCUT2D eigenvalue weighted by molar-refractivity contribution is -0.0510. The van der Waals surface area contributed by atoms with Crippen molar-refractivity contribution < 1.29 is 35.7 Å². The topological polar surface area (TPSA) is 95.9 Å². The number of nitrogens with one attached hydrogen (secondary N) is 1. The standard InChI is InChI=1S/C13H24N2O2.CHF3O3S/c1-12(2,3)17-11(16)15-8-5-13(6-9-15)4-7-14-10-13;2-1(3,4)8(5,6)7/h14H,4-10H2,1-3H3;(H,5,6,7). The average Bonchev–Trinajstić information content (AvgIpc) is 2.84. The summed E-state index contributed by atoms with van der Waals surface area (Å²) in [6.07, 6.45) is 3.33. The minimum Gasteiger partial charge on any atom is -0.444 e. The smallest absolute Gasteiger partial charge is 0.444 e. The van der Waals surface area contributed by atoms with Gasteiger partial charge in [-0.15, -0.1) is 0 Å². The van der Waals surface area contributed by atoms with Gasteiger partial charge in [-0.2, -0.15) is 21.6 Å². The van der Waals surface area contributed by atoms with Crippen molar-refractivity contribution in [1.29, 1.82) is 0 Å². The molecule has 2 fully saturated rings. The molecule has 25 heavy (non-hydrogen) atoms. The largest absolute Gasteiger partial charge is 0.522 e. The molecular weight excluding hydrogens is 365 g/mol. The zero-order valence-corrected chi connectivity index (χ0v) is 15.3. The van der Waals surface area contributed by atoms with Gasteiger partial charge in [-0.1, -0.05) is 0 Å². The summed E-state index contributed by atoms with van der Waals surface area (Å²) < 4.78 is 62.9. The predicted octanol–water partition coefficient (Wildman–Crippen LogP) is 2.39. The molecule has 1 amide bonds. The lowest BCUT2D eigenvalue weighted by Crippen LogP contribution is -2.45. The molecule has 0 atom stereocenters. The van der Waals surface area contributed by atoms with Gasteiger partial charge in [0, 0.05) is 19.6 Å².